The van der Waals surface area contributed by atoms with Gasteiger partial charge in [0.05, 0.1) is 0 Å². The van der Waals surface area contributed by atoms with Gasteiger partial charge in [0.1, 0.15) is 5.82 Å². The summed E-state index contributed by atoms with van der Waals surface area (Å²) in [4.78, 5) is 4.39. The first-order valence-corrected chi connectivity index (χ1v) is 6.55. The quantitative estimate of drug-likeness (QED) is 0.922. The van der Waals surface area contributed by atoms with Gasteiger partial charge in [-0.3, -0.25) is 0 Å². The van der Waals surface area contributed by atoms with Gasteiger partial charge in [-0.2, -0.15) is 4.98 Å². The SMILES string of the molecule is Cc1cc(F)ccc1-c1noc(CC2CCCN2)n1. The molecule has 4 nitrogen and oxygen atoms in total. The molecule has 1 aromatic carbocycles. The Morgan fingerprint density at radius 2 is 2.37 bits per heavy atom. The van der Waals surface area contributed by atoms with Crippen LogP contribution in [0.1, 0.15) is 24.3 Å². The van der Waals surface area contributed by atoms with Gasteiger partial charge in [0.25, 0.3) is 0 Å². The van der Waals surface area contributed by atoms with Crippen LogP contribution in [-0.4, -0.2) is 22.7 Å². The highest BCUT2D eigenvalue weighted by Crippen LogP contribution is 2.22. The summed E-state index contributed by atoms with van der Waals surface area (Å²) in [6.07, 6.45) is 3.10. The highest BCUT2D eigenvalue weighted by atomic mass is 19.1. The molecule has 0 radical (unpaired) electrons. The molecule has 2 aromatic rings. The van der Waals surface area contributed by atoms with Crippen LogP contribution < -0.4 is 5.32 Å². The Kier molecular flexibility index (Phi) is 3.29. The smallest absolute Gasteiger partial charge is 0.228 e. The molecule has 5 heteroatoms. The number of nitrogens with one attached hydrogen (secondary N) is 1. The topological polar surface area (TPSA) is 51.0 Å². The van der Waals surface area contributed by atoms with E-state index in [0.717, 1.165) is 30.5 Å². The molecule has 1 unspecified atom stereocenters. The van der Waals surface area contributed by atoms with Crippen molar-refractivity contribution in [3.63, 3.8) is 0 Å². The van der Waals surface area contributed by atoms with Crippen molar-refractivity contribution < 1.29 is 8.91 Å². The first-order valence-electron chi connectivity index (χ1n) is 6.55. The average molecular weight is 261 g/mol. The Labute approximate surface area is 111 Å². The Balaban J connectivity index is 1.80. The number of aryl methyl sites for hydroxylation is 1. The fourth-order valence-corrected chi connectivity index (χ4v) is 2.47. The third kappa shape index (κ3) is 2.66. The van der Waals surface area contributed by atoms with Gasteiger partial charge in [-0.1, -0.05) is 5.16 Å². The molecule has 0 saturated carbocycles. The molecular weight excluding hydrogens is 245 g/mol. The number of rotatable bonds is 3. The van der Waals surface area contributed by atoms with Crippen molar-refractivity contribution in [3.8, 4) is 11.4 Å². The maximum Gasteiger partial charge on any atom is 0.228 e. The first kappa shape index (κ1) is 12.3. The fraction of sp³-hybridized carbons (Fsp3) is 0.429. The largest absolute Gasteiger partial charge is 0.339 e. The summed E-state index contributed by atoms with van der Waals surface area (Å²) in [5.74, 6) is 0.920. The minimum Gasteiger partial charge on any atom is -0.339 e. The normalized spacial score (nSPS) is 18.9. The Morgan fingerprint density at radius 1 is 1.47 bits per heavy atom. The van der Waals surface area contributed by atoms with Crippen LogP contribution in [0.2, 0.25) is 0 Å². The average Bonchev–Trinajstić information content (AvgIpc) is 3.01. The summed E-state index contributed by atoms with van der Waals surface area (Å²) >= 11 is 0. The van der Waals surface area contributed by atoms with E-state index in [9.17, 15) is 4.39 Å². The van der Waals surface area contributed by atoms with Crippen molar-refractivity contribution in [2.24, 2.45) is 0 Å². The van der Waals surface area contributed by atoms with E-state index in [0.29, 0.717) is 17.8 Å². The van der Waals surface area contributed by atoms with Crippen LogP contribution in [0.5, 0.6) is 0 Å². The number of hydrogen-bond donors (Lipinski definition) is 1. The summed E-state index contributed by atoms with van der Waals surface area (Å²) in [5.41, 5.74) is 1.63. The lowest BCUT2D eigenvalue weighted by Crippen LogP contribution is -2.23. The van der Waals surface area contributed by atoms with Gasteiger partial charge in [0.15, 0.2) is 0 Å². The summed E-state index contributed by atoms with van der Waals surface area (Å²) < 4.78 is 18.3. The number of halogens is 1. The third-order valence-corrected chi connectivity index (χ3v) is 3.48. The van der Waals surface area contributed by atoms with E-state index in [1.54, 1.807) is 6.07 Å². The molecule has 0 bridgehead atoms. The van der Waals surface area contributed by atoms with Crippen molar-refractivity contribution in [1.29, 1.82) is 0 Å². The van der Waals surface area contributed by atoms with E-state index >= 15 is 0 Å². The summed E-state index contributed by atoms with van der Waals surface area (Å²) in [7, 11) is 0. The summed E-state index contributed by atoms with van der Waals surface area (Å²) in [6, 6.07) is 5.01. The van der Waals surface area contributed by atoms with Crippen molar-refractivity contribution in [1.82, 2.24) is 15.5 Å². The minimum absolute atomic E-state index is 0.250. The molecule has 100 valence electrons. The number of nitrogens with zero attached hydrogens (tertiary/aromatic N) is 2. The van der Waals surface area contributed by atoms with Gasteiger partial charge in [-0.05, 0) is 50.1 Å². The van der Waals surface area contributed by atoms with Crippen molar-refractivity contribution in [2.75, 3.05) is 6.54 Å². The molecule has 1 N–H and O–H groups in total. The van der Waals surface area contributed by atoms with Crippen LogP contribution in [0.15, 0.2) is 22.7 Å². The maximum atomic E-state index is 13.1. The summed E-state index contributed by atoms with van der Waals surface area (Å²) in [5, 5.41) is 7.38. The standard InChI is InChI=1S/C14H16FN3O/c1-9-7-10(15)4-5-12(9)14-17-13(19-18-14)8-11-3-2-6-16-11/h4-5,7,11,16H,2-3,6,8H2,1H3. The Bertz CT molecular complexity index is 576. The third-order valence-electron chi connectivity index (χ3n) is 3.48. The number of benzene rings is 1. The molecule has 1 saturated heterocycles. The highest BCUT2D eigenvalue weighted by Gasteiger charge is 2.18. The van der Waals surface area contributed by atoms with Crippen molar-refractivity contribution in [2.45, 2.75) is 32.2 Å². The number of aromatic nitrogens is 2. The molecule has 2 heterocycles. The fourth-order valence-electron chi connectivity index (χ4n) is 2.47. The molecule has 1 aliphatic rings. The summed E-state index contributed by atoms with van der Waals surface area (Å²) in [6.45, 7) is 2.90. The van der Waals surface area contributed by atoms with Gasteiger partial charge in [0, 0.05) is 18.0 Å². The zero-order chi connectivity index (χ0) is 13.2. The van der Waals surface area contributed by atoms with Crippen LogP contribution in [-0.2, 0) is 6.42 Å². The lowest BCUT2D eigenvalue weighted by Gasteiger charge is -2.04. The van der Waals surface area contributed by atoms with E-state index in [-0.39, 0.29) is 5.82 Å². The van der Waals surface area contributed by atoms with Crippen molar-refractivity contribution in [3.05, 3.63) is 35.5 Å². The van der Waals surface area contributed by atoms with Gasteiger partial charge < -0.3 is 9.84 Å². The Morgan fingerprint density at radius 3 is 3.11 bits per heavy atom. The molecule has 1 aromatic heterocycles. The van der Waals surface area contributed by atoms with Crippen molar-refractivity contribution >= 4 is 0 Å². The van der Waals surface area contributed by atoms with E-state index in [4.69, 9.17) is 4.52 Å². The first-order chi connectivity index (χ1) is 9.22. The molecule has 0 spiro atoms. The molecule has 0 amide bonds. The molecule has 3 rings (SSSR count). The van der Waals surface area contributed by atoms with Gasteiger partial charge in [-0.15, -0.1) is 0 Å². The zero-order valence-electron chi connectivity index (χ0n) is 10.8. The second-order valence-electron chi connectivity index (χ2n) is 4.97. The van der Waals surface area contributed by atoms with Gasteiger partial charge in [-0.25, -0.2) is 4.39 Å². The van der Waals surface area contributed by atoms with Crippen LogP contribution in [0.25, 0.3) is 11.4 Å². The van der Waals surface area contributed by atoms with Crippen LogP contribution in [0.3, 0.4) is 0 Å². The lowest BCUT2D eigenvalue weighted by atomic mass is 10.1. The van der Waals surface area contributed by atoms with E-state index < -0.39 is 0 Å². The predicted molar refractivity (Wildman–Crippen MR) is 69.2 cm³/mol. The lowest BCUT2D eigenvalue weighted by molar-refractivity contribution is 0.364. The van der Waals surface area contributed by atoms with Crippen LogP contribution >= 0.6 is 0 Å². The van der Waals surface area contributed by atoms with E-state index in [1.165, 1.54) is 18.6 Å². The zero-order valence-corrected chi connectivity index (χ0v) is 10.8. The van der Waals surface area contributed by atoms with E-state index in [2.05, 4.69) is 15.5 Å². The highest BCUT2D eigenvalue weighted by molar-refractivity contribution is 5.59. The van der Waals surface area contributed by atoms with Gasteiger partial charge in [0.2, 0.25) is 11.7 Å². The molecule has 1 fully saturated rings. The molecule has 19 heavy (non-hydrogen) atoms. The van der Waals surface area contributed by atoms with Gasteiger partial charge >= 0.3 is 0 Å². The van der Waals surface area contributed by atoms with E-state index in [1.807, 2.05) is 6.92 Å². The number of hydrogen-bond acceptors (Lipinski definition) is 4. The molecule has 1 aliphatic heterocycles. The second kappa shape index (κ2) is 5.09. The molecule has 0 aliphatic carbocycles. The molecular formula is C14H16FN3O. The predicted octanol–water partition coefficient (Wildman–Crippen LogP) is 2.48. The monoisotopic (exact) mass is 261 g/mol. The Hall–Kier alpha value is -1.75. The van der Waals surface area contributed by atoms with Crippen LogP contribution in [0, 0.1) is 12.7 Å². The minimum atomic E-state index is -0.250. The maximum absolute atomic E-state index is 13.1. The van der Waals surface area contributed by atoms with Crippen LogP contribution in [0.4, 0.5) is 4.39 Å². The second-order valence-corrected chi connectivity index (χ2v) is 4.97. The molecule has 1 atom stereocenters.